The van der Waals surface area contributed by atoms with E-state index < -0.39 is 0 Å². The number of anilines is 1. The second-order valence-corrected chi connectivity index (χ2v) is 12.0. The number of aromatic nitrogens is 2. The largest absolute Gasteiger partial charge is 0.384 e. The van der Waals surface area contributed by atoms with Crippen molar-refractivity contribution in [3.8, 4) is 0 Å². The zero-order valence-corrected chi connectivity index (χ0v) is 27.0. The van der Waals surface area contributed by atoms with E-state index in [-0.39, 0.29) is 17.6 Å². The average Bonchev–Trinajstić information content (AvgIpc) is 3.42. The van der Waals surface area contributed by atoms with Crippen molar-refractivity contribution < 1.29 is 4.79 Å². The number of imidazole rings is 1. The number of amidine groups is 2. The fourth-order valence-corrected chi connectivity index (χ4v) is 6.03. The van der Waals surface area contributed by atoms with Crippen LogP contribution in [0.25, 0.3) is 21.8 Å². The van der Waals surface area contributed by atoms with E-state index in [0.717, 1.165) is 62.8 Å². The Morgan fingerprint density at radius 1 is 0.812 bits per heavy atom. The average molecular weight is 637 g/mol. The third kappa shape index (κ3) is 7.27. The number of aryl methyl sites for hydroxylation is 3. The molecule has 6 aromatic rings. The van der Waals surface area contributed by atoms with E-state index in [1.807, 2.05) is 90.8 Å². The number of nitrogen functional groups attached to an aromatic ring is 2. The predicted molar refractivity (Wildman–Crippen MR) is 194 cm³/mol. The summed E-state index contributed by atoms with van der Waals surface area (Å²) >= 11 is 0. The summed E-state index contributed by atoms with van der Waals surface area (Å²) in [7, 11) is 2.03. The number of rotatable bonds is 13. The lowest BCUT2D eigenvalue weighted by Gasteiger charge is -2.24. The SMILES string of the molecule is Cn1c(CCc2ccc(C(=N)N)cc2)nc2cc(N(Cc3cccc4ccccc34)C(=O)CCNCc3ccc(C(=N)N)cc3)ccc21. The maximum Gasteiger partial charge on any atom is 0.228 e. The van der Waals surface area contributed by atoms with Gasteiger partial charge in [-0.2, -0.15) is 0 Å². The first-order valence-electron chi connectivity index (χ1n) is 16.1. The van der Waals surface area contributed by atoms with Gasteiger partial charge in [0.2, 0.25) is 5.91 Å². The molecule has 0 bridgehead atoms. The van der Waals surface area contributed by atoms with Gasteiger partial charge in [0.15, 0.2) is 0 Å². The highest BCUT2D eigenvalue weighted by molar-refractivity contribution is 5.97. The first kappa shape index (κ1) is 32.2. The third-order valence-corrected chi connectivity index (χ3v) is 8.79. The molecule has 48 heavy (non-hydrogen) atoms. The van der Waals surface area contributed by atoms with Gasteiger partial charge in [-0.3, -0.25) is 15.6 Å². The molecule has 7 N–H and O–H groups in total. The molecule has 5 aromatic carbocycles. The topological polar surface area (TPSA) is 150 Å². The number of amides is 1. The molecule has 9 heteroatoms. The Balaban J connectivity index is 1.21. The van der Waals surface area contributed by atoms with Crippen molar-refractivity contribution in [3.05, 3.63) is 143 Å². The van der Waals surface area contributed by atoms with Crippen LogP contribution >= 0.6 is 0 Å². The van der Waals surface area contributed by atoms with Crippen LogP contribution in [-0.2, 0) is 37.8 Å². The molecule has 9 nitrogen and oxygen atoms in total. The van der Waals surface area contributed by atoms with Crippen LogP contribution in [0.5, 0.6) is 0 Å². The van der Waals surface area contributed by atoms with Gasteiger partial charge in [-0.05, 0) is 52.1 Å². The van der Waals surface area contributed by atoms with Crippen molar-refractivity contribution in [2.45, 2.75) is 32.4 Å². The summed E-state index contributed by atoms with van der Waals surface area (Å²) in [4.78, 5) is 20.8. The molecule has 1 heterocycles. The van der Waals surface area contributed by atoms with Crippen LogP contribution in [0.3, 0.4) is 0 Å². The monoisotopic (exact) mass is 636 g/mol. The lowest BCUT2D eigenvalue weighted by Crippen LogP contribution is -2.33. The number of hydrogen-bond acceptors (Lipinski definition) is 5. The molecule has 242 valence electrons. The van der Waals surface area contributed by atoms with Crippen LogP contribution in [-0.4, -0.2) is 33.7 Å². The first-order valence-corrected chi connectivity index (χ1v) is 16.1. The second kappa shape index (κ2) is 14.3. The molecule has 0 spiro atoms. The number of carbonyl (C=O) groups excluding carboxylic acids is 1. The molecule has 1 amide bonds. The summed E-state index contributed by atoms with van der Waals surface area (Å²) in [5.41, 5.74) is 18.6. The Morgan fingerprint density at radius 2 is 1.48 bits per heavy atom. The third-order valence-electron chi connectivity index (χ3n) is 8.79. The predicted octanol–water partition coefficient (Wildman–Crippen LogP) is 5.79. The number of benzene rings is 5. The molecule has 0 aliphatic rings. The normalized spacial score (nSPS) is 11.2. The van der Waals surface area contributed by atoms with Crippen LogP contribution in [0.15, 0.2) is 109 Å². The molecule has 1 aromatic heterocycles. The van der Waals surface area contributed by atoms with Crippen LogP contribution in [0, 0.1) is 10.8 Å². The minimum absolute atomic E-state index is 0.0203. The molecular weight excluding hydrogens is 596 g/mol. The van der Waals surface area contributed by atoms with Gasteiger partial charge < -0.3 is 26.3 Å². The van der Waals surface area contributed by atoms with Crippen LogP contribution in [0.2, 0.25) is 0 Å². The molecule has 0 unspecified atom stereocenters. The molecule has 0 radical (unpaired) electrons. The van der Waals surface area contributed by atoms with Gasteiger partial charge in [-0.1, -0.05) is 91.0 Å². The molecule has 0 atom stereocenters. The Labute approximate surface area is 280 Å². The molecule has 0 fully saturated rings. The summed E-state index contributed by atoms with van der Waals surface area (Å²) in [5, 5.41) is 20.9. The summed E-state index contributed by atoms with van der Waals surface area (Å²) in [6.45, 7) is 1.56. The highest BCUT2D eigenvalue weighted by Crippen LogP contribution is 2.27. The maximum atomic E-state index is 14.0. The van der Waals surface area contributed by atoms with Crippen molar-refractivity contribution in [1.29, 1.82) is 10.8 Å². The quantitative estimate of drug-likeness (QED) is 0.0618. The van der Waals surface area contributed by atoms with Crippen LogP contribution in [0.4, 0.5) is 5.69 Å². The first-order chi connectivity index (χ1) is 23.3. The van der Waals surface area contributed by atoms with Crippen molar-refractivity contribution >= 4 is 45.1 Å². The summed E-state index contributed by atoms with van der Waals surface area (Å²) < 4.78 is 2.12. The van der Waals surface area contributed by atoms with Gasteiger partial charge in [-0.15, -0.1) is 0 Å². The Hall–Kier alpha value is -5.80. The molecule has 0 aliphatic carbocycles. The summed E-state index contributed by atoms with van der Waals surface area (Å²) in [5.74, 6) is 1.09. The minimum Gasteiger partial charge on any atom is -0.384 e. The van der Waals surface area contributed by atoms with Crippen molar-refractivity contribution in [2.24, 2.45) is 18.5 Å². The number of fused-ring (bicyclic) bond motifs is 2. The van der Waals surface area contributed by atoms with Gasteiger partial charge in [0, 0.05) is 49.8 Å². The van der Waals surface area contributed by atoms with Crippen LogP contribution < -0.4 is 21.7 Å². The molecule has 0 saturated heterocycles. The highest BCUT2D eigenvalue weighted by atomic mass is 16.2. The van der Waals surface area contributed by atoms with Gasteiger partial charge in [0.05, 0.1) is 17.6 Å². The lowest BCUT2D eigenvalue weighted by molar-refractivity contribution is -0.118. The number of hydrogen-bond donors (Lipinski definition) is 5. The zero-order chi connectivity index (χ0) is 33.6. The number of nitrogens with two attached hydrogens (primary N) is 2. The van der Waals surface area contributed by atoms with Gasteiger partial charge in [-0.25, -0.2) is 4.98 Å². The van der Waals surface area contributed by atoms with Crippen molar-refractivity contribution in [2.75, 3.05) is 11.4 Å². The van der Waals surface area contributed by atoms with E-state index >= 15 is 0 Å². The summed E-state index contributed by atoms with van der Waals surface area (Å²) in [6.07, 6.45) is 1.88. The van der Waals surface area contributed by atoms with Gasteiger partial charge in [0.1, 0.15) is 17.5 Å². The second-order valence-electron chi connectivity index (χ2n) is 12.0. The fraction of sp³-hybridized carbons (Fsp3) is 0.179. The number of carbonyl (C=O) groups is 1. The standard InChI is InChI=1S/C39H40N8O/c1-46-35-19-18-32(23-34(35)45-36(46)20-13-26-9-14-29(15-10-26)38(40)41)47(25-31-7-4-6-28-5-2-3-8-33(28)31)37(48)21-22-44-24-27-11-16-30(17-12-27)39(42)43/h2-12,14-19,23,44H,13,20-22,24-25H2,1H3,(H3,40,41)(H3,42,43). The zero-order valence-electron chi connectivity index (χ0n) is 27.0. The molecular formula is C39H40N8O. The molecule has 6 rings (SSSR count). The number of nitrogens with zero attached hydrogens (tertiary/aromatic N) is 3. The lowest BCUT2D eigenvalue weighted by atomic mass is 10.0. The highest BCUT2D eigenvalue weighted by Gasteiger charge is 2.19. The number of nitrogens with one attached hydrogen (secondary N) is 3. The minimum atomic E-state index is 0.0203. The van der Waals surface area contributed by atoms with Crippen molar-refractivity contribution in [3.63, 3.8) is 0 Å². The van der Waals surface area contributed by atoms with Crippen LogP contribution in [0.1, 0.15) is 40.1 Å². The van der Waals surface area contributed by atoms with E-state index in [1.165, 1.54) is 0 Å². The van der Waals surface area contributed by atoms with E-state index in [1.54, 1.807) is 0 Å². The van der Waals surface area contributed by atoms with Gasteiger partial charge in [0.25, 0.3) is 0 Å². The Morgan fingerprint density at radius 3 is 2.19 bits per heavy atom. The molecule has 0 aliphatic heterocycles. The van der Waals surface area contributed by atoms with Gasteiger partial charge >= 0.3 is 0 Å². The fourth-order valence-electron chi connectivity index (χ4n) is 6.03. The smallest absolute Gasteiger partial charge is 0.228 e. The molecule has 0 saturated carbocycles. The van der Waals surface area contributed by atoms with E-state index in [4.69, 9.17) is 27.3 Å². The Bertz CT molecular complexity index is 2090. The van der Waals surface area contributed by atoms with Crippen molar-refractivity contribution in [1.82, 2.24) is 14.9 Å². The van der Waals surface area contributed by atoms with E-state index in [0.29, 0.717) is 37.2 Å². The van der Waals surface area contributed by atoms with E-state index in [9.17, 15) is 4.79 Å². The maximum absolute atomic E-state index is 14.0. The van der Waals surface area contributed by atoms with E-state index in [2.05, 4.69) is 40.2 Å². The Kier molecular flexibility index (Phi) is 9.59. The summed E-state index contributed by atoms with van der Waals surface area (Å²) in [6, 6.07) is 35.9.